The summed E-state index contributed by atoms with van der Waals surface area (Å²) in [6, 6.07) is 5.56. The second kappa shape index (κ2) is 6.40. The zero-order chi connectivity index (χ0) is 15.3. The molecular formula is C13H15F3N2O2. The van der Waals surface area contributed by atoms with E-state index in [1.165, 1.54) is 6.07 Å². The Morgan fingerprint density at radius 3 is 2.40 bits per heavy atom. The third kappa shape index (κ3) is 4.56. The Morgan fingerprint density at radius 1 is 1.30 bits per heavy atom. The molecule has 0 fully saturated rings. The van der Waals surface area contributed by atoms with Crippen molar-refractivity contribution >= 4 is 11.8 Å². The van der Waals surface area contributed by atoms with Gasteiger partial charge in [-0.2, -0.15) is 13.2 Å². The zero-order valence-electron chi connectivity index (χ0n) is 10.8. The third-order valence-corrected chi connectivity index (χ3v) is 2.71. The number of amides is 2. The van der Waals surface area contributed by atoms with Crippen LogP contribution in [0.3, 0.4) is 0 Å². The lowest BCUT2D eigenvalue weighted by molar-refractivity contribution is -0.154. The molecule has 0 radical (unpaired) electrons. The lowest BCUT2D eigenvalue weighted by atomic mass is 9.98. The minimum absolute atomic E-state index is 0.187. The Morgan fingerprint density at radius 2 is 1.90 bits per heavy atom. The van der Waals surface area contributed by atoms with Crippen LogP contribution in [0.5, 0.6) is 0 Å². The maximum absolute atomic E-state index is 12.1. The van der Waals surface area contributed by atoms with Crippen molar-refractivity contribution in [1.29, 1.82) is 0 Å². The second-order valence-electron chi connectivity index (χ2n) is 4.27. The molecule has 0 unspecified atom stereocenters. The number of halogens is 3. The van der Waals surface area contributed by atoms with Crippen LogP contribution in [-0.4, -0.2) is 18.0 Å². The summed E-state index contributed by atoms with van der Waals surface area (Å²) in [5.74, 6) is -1.83. The van der Waals surface area contributed by atoms with Gasteiger partial charge < -0.3 is 11.1 Å². The second-order valence-corrected chi connectivity index (χ2v) is 4.27. The van der Waals surface area contributed by atoms with Crippen molar-refractivity contribution < 1.29 is 22.8 Å². The van der Waals surface area contributed by atoms with E-state index in [2.05, 4.69) is 5.32 Å². The highest BCUT2D eigenvalue weighted by Crippen LogP contribution is 2.23. The molecule has 3 N–H and O–H groups in total. The van der Waals surface area contributed by atoms with Gasteiger partial charge in [0, 0.05) is 5.56 Å². The molecule has 4 nitrogen and oxygen atoms in total. The van der Waals surface area contributed by atoms with E-state index in [0.29, 0.717) is 12.0 Å². The fourth-order valence-corrected chi connectivity index (χ4v) is 1.85. The summed E-state index contributed by atoms with van der Waals surface area (Å²) in [6.07, 6.45) is -5.78. The van der Waals surface area contributed by atoms with Crippen molar-refractivity contribution in [3.8, 4) is 0 Å². The first-order chi connectivity index (χ1) is 9.24. The van der Waals surface area contributed by atoms with Gasteiger partial charge >= 0.3 is 6.18 Å². The first kappa shape index (κ1) is 16.0. The van der Waals surface area contributed by atoms with Crippen molar-refractivity contribution in [1.82, 2.24) is 5.32 Å². The molecule has 1 rings (SSSR count). The Kier molecular flexibility index (Phi) is 5.12. The Hall–Kier alpha value is -2.05. The number of carbonyl (C=O) groups excluding carboxylic acids is 2. The van der Waals surface area contributed by atoms with E-state index in [0.717, 1.165) is 0 Å². The normalized spacial score (nSPS) is 12.8. The number of primary amides is 1. The number of hydrogen-bond acceptors (Lipinski definition) is 2. The largest absolute Gasteiger partial charge is 0.397 e. The molecule has 0 saturated heterocycles. The van der Waals surface area contributed by atoms with Crippen molar-refractivity contribution in [3.63, 3.8) is 0 Å². The molecule has 0 aliphatic rings. The van der Waals surface area contributed by atoms with Gasteiger partial charge in [0.05, 0.1) is 6.04 Å². The molecule has 0 aromatic heterocycles. The van der Waals surface area contributed by atoms with Crippen LogP contribution in [-0.2, 0) is 4.79 Å². The summed E-state index contributed by atoms with van der Waals surface area (Å²) in [6.45, 7) is 1.69. The van der Waals surface area contributed by atoms with Crippen molar-refractivity contribution in [3.05, 3.63) is 35.4 Å². The molecule has 1 atom stereocenters. The monoisotopic (exact) mass is 288 g/mol. The highest BCUT2D eigenvalue weighted by Gasteiger charge is 2.32. The van der Waals surface area contributed by atoms with Crippen molar-refractivity contribution in [2.24, 2.45) is 5.73 Å². The molecular weight excluding hydrogens is 273 g/mol. The van der Waals surface area contributed by atoms with Crippen LogP contribution in [0.2, 0.25) is 0 Å². The number of carbonyl (C=O) groups is 2. The van der Waals surface area contributed by atoms with Gasteiger partial charge in [0.1, 0.15) is 6.42 Å². The quantitative estimate of drug-likeness (QED) is 0.872. The van der Waals surface area contributed by atoms with Gasteiger partial charge in [0.15, 0.2) is 0 Å². The van der Waals surface area contributed by atoms with Crippen LogP contribution in [0.1, 0.15) is 41.7 Å². The van der Waals surface area contributed by atoms with Gasteiger partial charge in [0.25, 0.3) is 0 Å². The standard InChI is InChI=1S/C13H15F3N2O2/c1-2-10(18-11(19)7-13(14,15)16)8-5-3-4-6-9(8)12(17)20/h3-6,10H,2,7H2,1H3,(H2,17,20)(H,18,19)/t10-/m1/s1. The predicted molar refractivity (Wildman–Crippen MR) is 66.8 cm³/mol. The minimum atomic E-state index is -4.56. The van der Waals surface area contributed by atoms with Gasteiger partial charge in [-0.05, 0) is 18.1 Å². The van der Waals surface area contributed by atoms with Gasteiger partial charge in [-0.15, -0.1) is 0 Å². The smallest absolute Gasteiger partial charge is 0.366 e. The van der Waals surface area contributed by atoms with E-state index < -0.39 is 30.5 Å². The van der Waals surface area contributed by atoms with E-state index in [1.807, 2.05) is 0 Å². The van der Waals surface area contributed by atoms with Crippen molar-refractivity contribution in [2.75, 3.05) is 0 Å². The summed E-state index contributed by atoms with van der Waals surface area (Å²) in [7, 11) is 0. The maximum atomic E-state index is 12.1. The molecule has 0 aliphatic carbocycles. The lowest BCUT2D eigenvalue weighted by Crippen LogP contribution is -2.33. The average molecular weight is 288 g/mol. The van der Waals surface area contributed by atoms with E-state index >= 15 is 0 Å². The Labute approximate surface area is 114 Å². The molecule has 0 aliphatic heterocycles. The average Bonchev–Trinajstić information content (AvgIpc) is 2.33. The number of benzene rings is 1. The number of nitrogens with one attached hydrogen (secondary N) is 1. The Balaban J connectivity index is 2.92. The summed E-state index contributed by atoms with van der Waals surface area (Å²) in [5, 5.41) is 2.27. The predicted octanol–water partition coefficient (Wildman–Crippen LogP) is 2.31. The number of nitrogens with two attached hydrogens (primary N) is 1. The first-order valence-corrected chi connectivity index (χ1v) is 5.99. The molecule has 1 aromatic carbocycles. The van der Waals surface area contributed by atoms with Crippen LogP contribution in [0.15, 0.2) is 24.3 Å². The number of hydrogen-bond donors (Lipinski definition) is 2. The van der Waals surface area contributed by atoms with E-state index in [4.69, 9.17) is 5.73 Å². The van der Waals surface area contributed by atoms with E-state index in [1.54, 1.807) is 25.1 Å². The lowest BCUT2D eigenvalue weighted by Gasteiger charge is -2.20. The molecule has 20 heavy (non-hydrogen) atoms. The SMILES string of the molecule is CC[C@@H](NC(=O)CC(F)(F)F)c1ccccc1C(N)=O. The van der Waals surface area contributed by atoms with Crippen LogP contribution in [0.25, 0.3) is 0 Å². The van der Waals surface area contributed by atoms with E-state index in [9.17, 15) is 22.8 Å². The van der Waals surface area contributed by atoms with Gasteiger partial charge in [-0.25, -0.2) is 0 Å². The molecule has 0 spiro atoms. The van der Waals surface area contributed by atoms with Gasteiger partial charge in [-0.1, -0.05) is 25.1 Å². The van der Waals surface area contributed by atoms with Crippen LogP contribution < -0.4 is 11.1 Å². The summed E-state index contributed by atoms with van der Waals surface area (Å²) in [4.78, 5) is 22.6. The van der Waals surface area contributed by atoms with E-state index in [-0.39, 0.29) is 5.56 Å². The molecule has 0 heterocycles. The topological polar surface area (TPSA) is 72.2 Å². The summed E-state index contributed by atoms with van der Waals surface area (Å²) < 4.78 is 36.4. The molecule has 2 amide bonds. The van der Waals surface area contributed by atoms with Gasteiger partial charge in [-0.3, -0.25) is 9.59 Å². The fraction of sp³-hybridized carbons (Fsp3) is 0.385. The van der Waals surface area contributed by atoms with Crippen LogP contribution in [0.4, 0.5) is 13.2 Å². The van der Waals surface area contributed by atoms with Crippen LogP contribution >= 0.6 is 0 Å². The summed E-state index contributed by atoms with van der Waals surface area (Å²) >= 11 is 0. The van der Waals surface area contributed by atoms with Crippen molar-refractivity contribution in [2.45, 2.75) is 32.0 Å². The third-order valence-electron chi connectivity index (χ3n) is 2.71. The first-order valence-electron chi connectivity index (χ1n) is 5.99. The fourth-order valence-electron chi connectivity index (χ4n) is 1.85. The molecule has 110 valence electrons. The minimum Gasteiger partial charge on any atom is -0.366 e. The molecule has 1 aromatic rings. The Bertz CT molecular complexity index is 501. The number of rotatable bonds is 5. The summed E-state index contributed by atoms with van der Waals surface area (Å²) in [5.41, 5.74) is 5.81. The van der Waals surface area contributed by atoms with Crippen LogP contribution in [0, 0.1) is 0 Å². The molecule has 0 bridgehead atoms. The maximum Gasteiger partial charge on any atom is 0.397 e. The van der Waals surface area contributed by atoms with Gasteiger partial charge in [0.2, 0.25) is 11.8 Å². The number of alkyl halides is 3. The highest BCUT2D eigenvalue weighted by atomic mass is 19.4. The highest BCUT2D eigenvalue weighted by molar-refractivity contribution is 5.94. The molecule has 7 heteroatoms. The zero-order valence-corrected chi connectivity index (χ0v) is 10.8. The molecule has 0 saturated carbocycles.